The molecular weight excluding hydrogens is 418 g/mol. The number of rotatable bonds is 3. The molecule has 160 valence electrons. The third-order valence-electron chi connectivity index (χ3n) is 5.90. The van der Waals surface area contributed by atoms with Gasteiger partial charge in [-0.05, 0) is 43.4 Å². The van der Waals surface area contributed by atoms with Crippen molar-refractivity contribution in [1.29, 1.82) is 5.26 Å². The summed E-state index contributed by atoms with van der Waals surface area (Å²) in [5.41, 5.74) is 2.50. The van der Waals surface area contributed by atoms with Crippen LogP contribution in [0.2, 0.25) is 0 Å². The second-order valence-corrected chi connectivity index (χ2v) is 7.91. The van der Waals surface area contributed by atoms with Crippen LogP contribution in [0.4, 0.5) is 10.6 Å². The summed E-state index contributed by atoms with van der Waals surface area (Å²) in [4.78, 5) is 28.7. The molecule has 0 aromatic carbocycles. The van der Waals surface area contributed by atoms with Crippen molar-refractivity contribution in [3.63, 3.8) is 0 Å². The van der Waals surface area contributed by atoms with E-state index in [1.165, 1.54) is 10.5 Å². The SMILES string of the molecule is CC1CN(c2ncnc3c2c(C2CC2)cn3-c2cc(C#N)ccn2)CCN1C(=O)O.Cl. The van der Waals surface area contributed by atoms with Gasteiger partial charge in [0.15, 0.2) is 5.65 Å². The van der Waals surface area contributed by atoms with E-state index in [0.29, 0.717) is 36.9 Å². The predicted molar refractivity (Wildman–Crippen MR) is 117 cm³/mol. The minimum Gasteiger partial charge on any atom is -0.465 e. The first kappa shape index (κ1) is 20.9. The maximum absolute atomic E-state index is 11.4. The standard InChI is InChI=1S/C21H21N7O2.ClH/c1-13-10-26(6-7-27(13)21(29)30)19-18-16(15-2-3-15)11-28(20(18)25-12-24-19)17-8-14(9-22)4-5-23-17;/h4-5,8,11-13,15H,2-3,6-7,10H2,1H3,(H,29,30);1H. The third-order valence-corrected chi connectivity index (χ3v) is 5.90. The second kappa shape index (κ2) is 8.04. The number of nitriles is 1. The first-order valence-electron chi connectivity index (χ1n) is 10.0. The minimum atomic E-state index is -0.886. The fourth-order valence-electron chi connectivity index (χ4n) is 4.25. The number of carbonyl (C=O) groups is 1. The molecule has 1 saturated heterocycles. The number of amides is 1. The van der Waals surface area contributed by atoms with E-state index >= 15 is 0 Å². The Morgan fingerprint density at radius 1 is 1.26 bits per heavy atom. The molecule has 1 N–H and O–H groups in total. The summed E-state index contributed by atoms with van der Waals surface area (Å²) in [6, 6.07) is 5.47. The van der Waals surface area contributed by atoms with E-state index in [-0.39, 0.29) is 18.4 Å². The number of pyridine rings is 1. The van der Waals surface area contributed by atoms with Gasteiger partial charge >= 0.3 is 6.09 Å². The Morgan fingerprint density at radius 3 is 2.74 bits per heavy atom. The Balaban J connectivity index is 0.00000231. The van der Waals surface area contributed by atoms with Crippen molar-refractivity contribution in [2.45, 2.75) is 31.7 Å². The molecule has 0 radical (unpaired) electrons. The fourth-order valence-corrected chi connectivity index (χ4v) is 4.25. The molecule has 4 heterocycles. The van der Waals surface area contributed by atoms with E-state index in [4.69, 9.17) is 0 Å². The predicted octanol–water partition coefficient (Wildman–Crippen LogP) is 3.17. The molecule has 10 heteroatoms. The molecule has 0 spiro atoms. The molecule has 2 fully saturated rings. The summed E-state index contributed by atoms with van der Waals surface area (Å²) in [6.45, 7) is 3.52. The topological polar surface area (TPSA) is 111 Å². The van der Waals surface area contributed by atoms with E-state index in [2.05, 4.69) is 32.1 Å². The molecule has 2 aliphatic rings. The number of halogens is 1. The Bertz CT molecular complexity index is 1180. The number of carboxylic acid groups (broad SMARTS) is 1. The van der Waals surface area contributed by atoms with Gasteiger partial charge in [0.1, 0.15) is 18.0 Å². The van der Waals surface area contributed by atoms with Crippen LogP contribution in [-0.2, 0) is 0 Å². The molecule has 1 aliphatic carbocycles. The first-order chi connectivity index (χ1) is 14.6. The van der Waals surface area contributed by atoms with Gasteiger partial charge in [0.25, 0.3) is 0 Å². The molecule has 3 aromatic heterocycles. The molecule has 1 atom stereocenters. The maximum Gasteiger partial charge on any atom is 0.407 e. The van der Waals surface area contributed by atoms with E-state index < -0.39 is 6.09 Å². The number of piperazine rings is 1. The summed E-state index contributed by atoms with van der Waals surface area (Å²) in [7, 11) is 0. The summed E-state index contributed by atoms with van der Waals surface area (Å²) >= 11 is 0. The van der Waals surface area contributed by atoms with Crippen molar-refractivity contribution in [2.24, 2.45) is 0 Å². The summed E-state index contributed by atoms with van der Waals surface area (Å²) < 4.78 is 1.94. The van der Waals surface area contributed by atoms with Crippen LogP contribution in [0.1, 0.15) is 36.8 Å². The van der Waals surface area contributed by atoms with Crippen LogP contribution in [-0.4, -0.2) is 61.3 Å². The van der Waals surface area contributed by atoms with Crippen molar-refractivity contribution in [2.75, 3.05) is 24.5 Å². The van der Waals surface area contributed by atoms with Crippen molar-refractivity contribution in [3.8, 4) is 11.9 Å². The van der Waals surface area contributed by atoms with Crippen LogP contribution in [0.15, 0.2) is 30.9 Å². The number of fused-ring (bicyclic) bond motifs is 1. The Kier molecular flexibility index (Phi) is 5.41. The normalized spacial score (nSPS) is 18.5. The third kappa shape index (κ3) is 3.64. The van der Waals surface area contributed by atoms with Crippen LogP contribution in [0.5, 0.6) is 0 Å². The Morgan fingerprint density at radius 2 is 2.06 bits per heavy atom. The molecule has 1 aliphatic heterocycles. The van der Waals surface area contributed by atoms with Gasteiger partial charge in [-0.1, -0.05) is 0 Å². The molecule has 1 unspecified atom stereocenters. The van der Waals surface area contributed by atoms with Crippen molar-refractivity contribution < 1.29 is 9.90 Å². The quantitative estimate of drug-likeness (QED) is 0.667. The highest BCUT2D eigenvalue weighted by atomic mass is 35.5. The lowest BCUT2D eigenvalue weighted by atomic mass is 10.1. The number of hydrogen-bond donors (Lipinski definition) is 1. The van der Waals surface area contributed by atoms with Gasteiger partial charge in [0, 0.05) is 38.1 Å². The highest BCUT2D eigenvalue weighted by Crippen LogP contribution is 2.46. The number of hydrogen-bond acceptors (Lipinski definition) is 6. The smallest absolute Gasteiger partial charge is 0.407 e. The van der Waals surface area contributed by atoms with Gasteiger partial charge in [-0.25, -0.2) is 19.7 Å². The molecule has 0 bridgehead atoms. The average Bonchev–Trinajstić information content (AvgIpc) is 3.53. The molecule has 9 nitrogen and oxygen atoms in total. The number of anilines is 1. The van der Waals surface area contributed by atoms with Gasteiger partial charge in [-0.2, -0.15) is 5.26 Å². The number of aromatic nitrogens is 4. The zero-order valence-electron chi connectivity index (χ0n) is 17.0. The molecule has 1 saturated carbocycles. The molecule has 3 aromatic rings. The zero-order valence-corrected chi connectivity index (χ0v) is 17.8. The lowest BCUT2D eigenvalue weighted by molar-refractivity contribution is 0.122. The van der Waals surface area contributed by atoms with Gasteiger partial charge in [0.2, 0.25) is 0 Å². The average molecular weight is 440 g/mol. The highest BCUT2D eigenvalue weighted by Gasteiger charge is 2.33. The van der Waals surface area contributed by atoms with Crippen LogP contribution in [0.3, 0.4) is 0 Å². The maximum atomic E-state index is 11.4. The van der Waals surface area contributed by atoms with Gasteiger partial charge < -0.3 is 14.9 Å². The lowest BCUT2D eigenvalue weighted by Gasteiger charge is -2.39. The molecule has 31 heavy (non-hydrogen) atoms. The monoisotopic (exact) mass is 439 g/mol. The van der Waals surface area contributed by atoms with Crippen molar-refractivity contribution in [3.05, 3.63) is 42.0 Å². The summed E-state index contributed by atoms with van der Waals surface area (Å²) in [5.74, 6) is 1.96. The Hall–Kier alpha value is -3.38. The van der Waals surface area contributed by atoms with Crippen molar-refractivity contribution in [1.82, 2.24) is 24.4 Å². The van der Waals surface area contributed by atoms with Gasteiger partial charge in [0.05, 0.1) is 17.0 Å². The van der Waals surface area contributed by atoms with E-state index in [0.717, 1.165) is 29.7 Å². The number of nitrogens with zero attached hydrogens (tertiary/aromatic N) is 7. The first-order valence-corrected chi connectivity index (χ1v) is 10.0. The van der Waals surface area contributed by atoms with Crippen LogP contribution in [0.25, 0.3) is 16.9 Å². The Labute approximate surface area is 185 Å². The molecule has 1 amide bonds. The van der Waals surface area contributed by atoms with Crippen LogP contribution in [0, 0.1) is 11.3 Å². The van der Waals surface area contributed by atoms with Gasteiger partial charge in [-0.15, -0.1) is 12.4 Å². The minimum absolute atomic E-state index is 0. The van der Waals surface area contributed by atoms with Crippen LogP contribution < -0.4 is 4.90 Å². The lowest BCUT2D eigenvalue weighted by Crippen LogP contribution is -2.54. The second-order valence-electron chi connectivity index (χ2n) is 7.91. The molecular formula is C21H22ClN7O2. The van der Waals surface area contributed by atoms with E-state index in [9.17, 15) is 15.2 Å². The highest BCUT2D eigenvalue weighted by molar-refractivity contribution is 5.93. The summed E-state index contributed by atoms with van der Waals surface area (Å²) in [5, 5.41) is 19.6. The molecule has 5 rings (SSSR count). The van der Waals surface area contributed by atoms with Gasteiger partial charge in [-0.3, -0.25) is 4.57 Å². The zero-order chi connectivity index (χ0) is 20.8. The fraction of sp³-hybridized carbons (Fsp3) is 0.381. The van der Waals surface area contributed by atoms with E-state index in [1.807, 2.05) is 11.5 Å². The largest absolute Gasteiger partial charge is 0.465 e. The summed E-state index contributed by atoms with van der Waals surface area (Å²) in [6.07, 6.45) is 6.62. The van der Waals surface area contributed by atoms with E-state index in [1.54, 1.807) is 24.7 Å². The van der Waals surface area contributed by atoms with Crippen molar-refractivity contribution >= 4 is 35.4 Å². The van der Waals surface area contributed by atoms with Crippen LogP contribution >= 0.6 is 12.4 Å².